The average molecular weight is 264 g/mol. The fraction of sp³-hybridized carbons (Fsp3) is 0.786. The lowest BCUT2D eigenvalue weighted by Crippen LogP contribution is -2.49. The van der Waals surface area contributed by atoms with E-state index in [-0.39, 0.29) is 6.10 Å². The van der Waals surface area contributed by atoms with E-state index < -0.39 is 0 Å². The molecule has 1 aromatic rings. The van der Waals surface area contributed by atoms with Crippen LogP contribution in [0.2, 0.25) is 0 Å². The van der Waals surface area contributed by atoms with Gasteiger partial charge in [-0.05, 0) is 32.2 Å². The third-order valence-corrected chi connectivity index (χ3v) is 4.43. The van der Waals surface area contributed by atoms with Crippen LogP contribution in [0, 0.1) is 0 Å². The number of hydrogen-bond donors (Lipinski definition) is 2. The fourth-order valence-corrected chi connectivity index (χ4v) is 3.35. The van der Waals surface area contributed by atoms with Crippen molar-refractivity contribution in [3.05, 3.63) is 18.2 Å². The number of nitrogens with one attached hydrogen (secondary N) is 1. The quantitative estimate of drug-likeness (QED) is 0.849. The van der Waals surface area contributed by atoms with E-state index in [0.29, 0.717) is 6.04 Å². The largest absolute Gasteiger partial charge is 0.392 e. The summed E-state index contributed by atoms with van der Waals surface area (Å²) in [5, 5.41) is 9.77. The molecule has 0 aromatic carbocycles. The van der Waals surface area contributed by atoms with Gasteiger partial charge in [-0.25, -0.2) is 4.98 Å². The third kappa shape index (κ3) is 3.35. The molecule has 2 aliphatic rings. The number of aromatic amines is 1. The molecular formula is C14H24N4O. The summed E-state index contributed by atoms with van der Waals surface area (Å²) in [6.45, 7) is 5.25. The van der Waals surface area contributed by atoms with E-state index in [1.54, 1.807) is 0 Å². The smallest absolute Gasteiger partial charge is 0.120 e. The summed E-state index contributed by atoms with van der Waals surface area (Å²) in [4.78, 5) is 12.4. The van der Waals surface area contributed by atoms with Crippen molar-refractivity contribution in [2.24, 2.45) is 0 Å². The van der Waals surface area contributed by atoms with Crippen LogP contribution in [0.15, 0.2) is 12.4 Å². The van der Waals surface area contributed by atoms with Crippen LogP contribution in [0.4, 0.5) is 0 Å². The number of rotatable bonds is 3. The number of aliphatic hydroxyl groups is 1. The first kappa shape index (κ1) is 13.1. The molecule has 1 atom stereocenters. The van der Waals surface area contributed by atoms with Gasteiger partial charge in [0.1, 0.15) is 5.82 Å². The van der Waals surface area contributed by atoms with Gasteiger partial charge in [-0.15, -0.1) is 0 Å². The second kappa shape index (κ2) is 6.03. The summed E-state index contributed by atoms with van der Waals surface area (Å²) >= 11 is 0. The standard InChI is InChI=1S/C14H24N4O/c19-13-2-1-7-18(10-13)12-3-8-17(9-4-12)11-14-15-5-6-16-14/h5-6,12-13,19H,1-4,7-11H2,(H,15,16). The van der Waals surface area contributed by atoms with Crippen molar-refractivity contribution < 1.29 is 5.11 Å². The van der Waals surface area contributed by atoms with Crippen molar-refractivity contribution in [2.75, 3.05) is 26.2 Å². The second-order valence-corrected chi connectivity index (χ2v) is 5.83. The van der Waals surface area contributed by atoms with Crippen molar-refractivity contribution in [1.29, 1.82) is 0 Å². The summed E-state index contributed by atoms with van der Waals surface area (Å²) in [7, 11) is 0. The van der Waals surface area contributed by atoms with Gasteiger partial charge in [0, 0.05) is 38.1 Å². The Bertz CT molecular complexity index is 373. The van der Waals surface area contributed by atoms with Gasteiger partial charge in [-0.2, -0.15) is 0 Å². The molecule has 19 heavy (non-hydrogen) atoms. The summed E-state index contributed by atoms with van der Waals surface area (Å²) in [6, 6.07) is 0.669. The van der Waals surface area contributed by atoms with Crippen LogP contribution < -0.4 is 0 Å². The Morgan fingerprint density at radius 3 is 2.79 bits per heavy atom. The second-order valence-electron chi connectivity index (χ2n) is 5.83. The maximum atomic E-state index is 9.77. The zero-order chi connectivity index (χ0) is 13.1. The molecule has 1 aromatic heterocycles. The zero-order valence-electron chi connectivity index (χ0n) is 11.5. The first-order valence-electron chi connectivity index (χ1n) is 7.44. The highest BCUT2D eigenvalue weighted by Crippen LogP contribution is 2.21. The molecule has 106 valence electrons. The van der Waals surface area contributed by atoms with Gasteiger partial charge >= 0.3 is 0 Å². The van der Waals surface area contributed by atoms with Crippen LogP contribution in [0.3, 0.4) is 0 Å². The SMILES string of the molecule is OC1CCCN(C2CCN(Cc3ncc[nH]3)CC2)C1. The topological polar surface area (TPSA) is 55.4 Å². The maximum Gasteiger partial charge on any atom is 0.120 e. The molecule has 5 nitrogen and oxygen atoms in total. The molecular weight excluding hydrogens is 240 g/mol. The molecule has 2 N–H and O–H groups in total. The highest BCUT2D eigenvalue weighted by Gasteiger charge is 2.28. The van der Waals surface area contributed by atoms with Crippen LogP contribution >= 0.6 is 0 Å². The van der Waals surface area contributed by atoms with E-state index in [2.05, 4.69) is 19.8 Å². The number of likely N-dealkylation sites (tertiary alicyclic amines) is 2. The van der Waals surface area contributed by atoms with Crippen molar-refractivity contribution >= 4 is 0 Å². The Hall–Kier alpha value is -0.910. The number of nitrogens with zero attached hydrogens (tertiary/aromatic N) is 3. The van der Waals surface area contributed by atoms with E-state index in [4.69, 9.17) is 0 Å². The van der Waals surface area contributed by atoms with Crippen molar-refractivity contribution in [3.8, 4) is 0 Å². The zero-order valence-corrected chi connectivity index (χ0v) is 11.5. The molecule has 5 heteroatoms. The van der Waals surface area contributed by atoms with Gasteiger partial charge < -0.3 is 10.1 Å². The molecule has 2 aliphatic heterocycles. The highest BCUT2D eigenvalue weighted by molar-refractivity contribution is 4.89. The maximum absolute atomic E-state index is 9.77. The summed E-state index contributed by atoms with van der Waals surface area (Å²) in [5.74, 6) is 1.06. The fourth-order valence-electron chi connectivity index (χ4n) is 3.35. The van der Waals surface area contributed by atoms with Crippen molar-refractivity contribution in [2.45, 2.75) is 44.4 Å². The van der Waals surface area contributed by atoms with E-state index in [1.807, 2.05) is 12.4 Å². The van der Waals surface area contributed by atoms with Gasteiger partial charge in [0.25, 0.3) is 0 Å². The lowest BCUT2D eigenvalue weighted by Gasteiger charge is -2.41. The summed E-state index contributed by atoms with van der Waals surface area (Å²) in [6.07, 6.45) is 8.16. The third-order valence-electron chi connectivity index (χ3n) is 4.43. The molecule has 0 saturated carbocycles. The van der Waals surface area contributed by atoms with Gasteiger partial charge in [0.15, 0.2) is 0 Å². The first-order chi connectivity index (χ1) is 9.31. The number of aliphatic hydroxyl groups excluding tert-OH is 1. The summed E-state index contributed by atoms with van der Waals surface area (Å²) < 4.78 is 0. The van der Waals surface area contributed by atoms with Crippen LogP contribution in [-0.4, -0.2) is 63.2 Å². The summed E-state index contributed by atoms with van der Waals surface area (Å²) in [5.41, 5.74) is 0. The Morgan fingerprint density at radius 2 is 2.11 bits per heavy atom. The molecule has 0 amide bonds. The predicted octanol–water partition coefficient (Wildman–Crippen LogP) is 0.831. The Kier molecular flexibility index (Phi) is 4.15. The van der Waals surface area contributed by atoms with E-state index >= 15 is 0 Å². The van der Waals surface area contributed by atoms with E-state index in [9.17, 15) is 5.11 Å². The Labute approximate surface area is 114 Å². The van der Waals surface area contributed by atoms with Gasteiger partial charge in [0.05, 0.1) is 12.6 Å². The minimum Gasteiger partial charge on any atom is -0.392 e. The van der Waals surface area contributed by atoms with Gasteiger partial charge in [-0.3, -0.25) is 9.80 Å². The molecule has 0 spiro atoms. The molecule has 0 radical (unpaired) electrons. The Morgan fingerprint density at radius 1 is 1.26 bits per heavy atom. The number of imidazole rings is 1. The van der Waals surface area contributed by atoms with E-state index in [1.165, 1.54) is 19.4 Å². The normalized spacial score (nSPS) is 27.7. The molecule has 3 heterocycles. The minimum atomic E-state index is -0.102. The molecule has 0 aliphatic carbocycles. The van der Waals surface area contributed by atoms with Crippen LogP contribution in [-0.2, 0) is 6.54 Å². The van der Waals surface area contributed by atoms with Gasteiger partial charge in [0.2, 0.25) is 0 Å². The van der Waals surface area contributed by atoms with Crippen molar-refractivity contribution in [1.82, 2.24) is 19.8 Å². The van der Waals surface area contributed by atoms with Crippen LogP contribution in [0.5, 0.6) is 0 Å². The number of H-pyrrole nitrogens is 1. The molecule has 2 fully saturated rings. The lowest BCUT2D eigenvalue weighted by molar-refractivity contribution is 0.0241. The van der Waals surface area contributed by atoms with Crippen molar-refractivity contribution in [3.63, 3.8) is 0 Å². The van der Waals surface area contributed by atoms with Crippen LogP contribution in [0.1, 0.15) is 31.5 Å². The number of aromatic nitrogens is 2. The minimum absolute atomic E-state index is 0.102. The number of β-amino-alcohol motifs (C(OH)–C–C–N with tert-alkyl or cyclic N) is 1. The molecule has 3 rings (SSSR count). The average Bonchev–Trinajstić information content (AvgIpc) is 2.92. The monoisotopic (exact) mass is 264 g/mol. The molecule has 1 unspecified atom stereocenters. The van der Waals surface area contributed by atoms with E-state index in [0.717, 1.165) is 44.8 Å². The van der Waals surface area contributed by atoms with Crippen LogP contribution in [0.25, 0.3) is 0 Å². The lowest BCUT2D eigenvalue weighted by atomic mass is 9.99. The highest BCUT2D eigenvalue weighted by atomic mass is 16.3. The molecule has 0 bridgehead atoms. The number of hydrogen-bond acceptors (Lipinski definition) is 4. The number of piperidine rings is 2. The molecule has 2 saturated heterocycles. The first-order valence-corrected chi connectivity index (χ1v) is 7.44. The Balaban J connectivity index is 1.46. The van der Waals surface area contributed by atoms with Gasteiger partial charge in [-0.1, -0.05) is 0 Å². The predicted molar refractivity (Wildman–Crippen MR) is 73.7 cm³/mol.